The van der Waals surface area contributed by atoms with Crippen molar-refractivity contribution in [3.63, 3.8) is 0 Å². The second-order valence-electron chi connectivity index (χ2n) is 4.42. The third kappa shape index (κ3) is 4.86. The molecule has 18 heavy (non-hydrogen) atoms. The van der Waals surface area contributed by atoms with Crippen LogP contribution in [0, 0.1) is 13.8 Å². The molecule has 0 fully saturated rings. The van der Waals surface area contributed by atoms with Crippen LogP contribution in [-0.2, 0) is 21.3 Å². The van der Waals surface area contributed by atoms with Crippen molar-refractivity contribution in [3.8, 4) is 0 Å². The number of thiazole rings is 1. The van der Waals surface area contributed by atoms with Crippen LogP contribution in [0.5, 0.6) is 0 Å². The lowest BCUT2D eigenvalue weighted by Crippen LogP contribution is -2.21. The second kappa shape index (κ2) is 6.99. The van der Waals surface area contributed by atoms with E-state index in [1.54, 1.807) is 30.3 Å². The highest BCUT2D eigenvalue weighted by atomic mass is 32.2. The summed E-state index contributed by atoms with van der Waals surface area (Å²) in [5.41, 5.74) is 0.982. The van der Waals surface area contributed by atoms with Crippen LogP contribution in [0.15, 0.2) is 0 Å². The van der Waals surface area contributed by atoms with Gasteiger partial charge in [0, 0.05) is 41.9 Å². The first kappa shape index (κ1) is 15.3. The van der Waals surface area contributed by atoms with E-state index in [0.29, 0.717) is 24.3 Å². The van der Waals surface area contributed by atoms with Crippen molar-refractivity contribution in [2.75, 3.05) is 19.8 Å². The summed E-state index contributed by atoms with van der Waals surface area (Å²) in [6, 6.07) is 0. The average molecular weight is 288 g/mol. The maximum absolute atomic E-state index is 11.9. The summed E-state index contributed by atoms with van der Waals surface area (Å²) >= 11 is 1.61. The highest BCUT2D eigenvalue weighted by Crippen LogP contribution is 2.19. The van der Waals surface area contributed by atoms with Crippen LogP contribution in [0.3, 0.4) is 0 Å². The molecule has 0 saturated heterocycles. The lowest BCUT2D eigenvalue weighted by Gasteiger charge is -2.09. The highest BCUT2D eigenvalue weighted by molar-refractivity contribution is 7.84. The number of hydrogen-bond acceptors (Lipinski definition) is 4. The number of amides is 1. The van der Waals surface area contributed by atoms with Gasteiger partial charge in [0.05, 0.1) is 16.5 Å². The van der Waals surface area contributed by atoms with Crippen molar-refractivity contribution in [2.24, 2.45) is 0 Å². The average Bonchev–Trinajstić information content (AvgIpc) is 2.57. The Morgan fingerprint density at radius 2 is 2.06 bits per heavy atom. The Kier molecular flexibility index (Phi) is 5.95. The smallest absolute Gasteiger partial charge is 0.222 e. The molecule has 4 nitrogen and oxygen atoms in total. The van der Waals surface area contributed by atoms with Gasteiger partial charge < -0.3 is 4.90 Å². The molecule has 0 radical (unpaired) electrons. The van der Waals surface area contributed by atoms with E-state index in [-0.39, 0.29) is 5.91 Å². The summed E-state index contributed by atoms with van der Waals surface area (Å²) in [6.45, 7) is 3.91. The quantitative estimate of drug-likeness (QED) is 0.803. The van der Waals surface area contributed by atoms with E-state index in [2.05, 4.69) is 4.98 Å². The maximum atomic E-state index is 11.9. The van der Waals surface area contributed by atoms with E-state index in [1.165, 1.54) is 0 Å². The van der Waals surface area contributed by atoms with Gasteiger partial charge in [-0.15, -0.1) is 11.3 Å². The maximum Gasteiger partial charge on any atom is 0.222 e. The summed E-state index contributed by atoms with van der Waals surface area (Å²) in [5, 5.41) is 1.02. The van der Waals surface area contributed by atoms with Crippen molar-refractivity contribution in [2.45, 2.75) is 32.4 Å². The minimum Gasteiger partial charge on any atom is -0.349 e. The number of aryl methyl sites for hydroxylation is 2. The van der Waals surface area contributed by atoms with Gasteiger partial charge in [-0.3, -0.25) is 9.00 Å². The molecular weight excluding hydrogens is 268 g/mol. The number of hydrogen-bond donors (Lipinski definition) is 0. The predicted octanol–water partition coefficient (Wildman–Crippen LogP) is 1.88. The van der Waals surface area contributed by atoms with Crippen LogP contribution in [0.1, 0.15) is 28.4 Å². The lowest BCUT2D eigenvalue weighted by molar-refractivity contribution is -0.128. The van der Waals surface area contributed by atoms with Gasteiger partial charge >= 0.3 is 0 Å². The predicted molar refractivity (Wildman–Crippen MR) is 76.2 cm³/mol. The Hall–Kier alpha value is -0.750. The summed E-state index contributed by atoms with van der Waals surface area (Å²) in [4.78, 5) is 18.3. The number of carbonyl (C=O) groups is 1. The van der Waals surface area contributed by atoms with Crippen LogP contribution in [0.25, 0.3) is 0 Å². The number of aromatic nitrogens is 1. The van der Waals surface area contributed by atoms with Crippen LogP contribution in [-0.4, -0.2) is 39.8 Å². The lowest BCUT2D eigenvalue weighted by atomic mass is 10.3. The SMILES string of the molecule is Cc1nc(C)c(CS(=O)CCCC(=O)N(C)C)s1. The second-order valence-corrected chi connectivity index (χ2v) is 7.29. The van der Waals surface area contributed by atoms with Gasteiger partial charge in [-0.05, 0) is 20.3 Å². The molecule has 0 aromatic carbocycles. The molecule has 1 rings (SSSR count). The van der Waals surface area contributed by atoms with E-state index in [9.17, 15) is 9.00 Å². The van der Waals surface area contributed by atoms with Crippen molar-refractivity contribution < 1.29 is 9.00 Å². The summed E-state index contributed by atoms with van der Waals surface area (Å²) < 4.78 is 11.9. The first-order chi connectivity index (χ1) is 8.40. The van der Waals surface area contributed by atoms with Crippen molar-refractivity contribution in [3.05, 3.63) is 15.6 Å². The van der Waals surface area contributed by atoms with Gasteiger partial charge in [-0.25, -0.2) is 4.98 Å². The zero-order valence-corrected chi connectivity index (χ0v) is 13.0. The zero-order chi connectivity index (χ0) is 13.7. The third-order valence-corrected chi connectivity index (χ3v) is 5.16. The minimum atomic E-state index is -0.898. The first-order valence-electron chi connectivity index (χ1n) is 5.88. The fraction of sp³-hybridized carbons (Fsp3) is 0.667. The topological polar surface area (TPSA) is 50.3 Å². The molecule has 0 saturated carbocycles. The van der Waals surface area contributed by atoms with Crippen molar-refractivity contribution in [1.82, 2.24) is 9.88 Å². The molecule has 1 unspecified atom stereocenters. The summed E-state index contributed by atoms with van der Waals surface area (Å²) in [6.07, 6.45) is 1.15. The van der Waals surface area contributed by atoms with E-state index in [4.69, 9.17) is 0 Å². The van der Waals surface area contributed by atoms with Crippen LogP contribution in [0.2, 0.25) is 0 Å². The van der Waals surface area contributed by atoms with Gasteiger partial charge in [0.2, 0.25) is 5.91 Å². The Labute approximate surface area is 115 Å². The minimum absolute atomic E-state index is 0.0943. The van der Waals surface area contributed by atoms with Crippen LogP contribution < -0.4 is 0 Å². The Morgan fingerprint density at radius 3 is 2.56 bits per heavy atom. The van der Waals surface area contributed by atoms with E-state index >= 15 is 0 Å². The molecule has 6 heteroatoms. The molecule has 1 atom stereocenters. The third-order valence-electron chi connectivity index (χ3n) is 2.55. The van der Waals surface area contributed by atoms with Gasteiger partial charge in [0.1, 0.15) is 0 Å². The fourth-order valence-electron chi connectivity index (χ4n) is 1.53. The molecule has 0 aliphatic heterocycles. The zero-order valence-electron chi connectivity index (χ0n) is 11.4. The number of rotatable bonds is 6. The fourth-order valence-corrected chi connectivity index (χ4v) is 4.01. The van der Waals surface area contributed by atoms with Gasteiger partial charge in [-0.2, -0.15) is 0 Å². The first-order valence-corrected chi connectivity index (χ1v) is 8.18. The molecule has 0 N–H and O–H groups in total. The van der Waals surface area contributed by atoms with Gasteiger partial charge in [-0.1, -0.05) is 0 Å². The molecular formula is C12H20N2O2S2. The largest absolute Gasteiger partial charge is 0.349 e. The molecule has 0 aliphatic carbocycles. The summed E-state index contributed by atoms with van der Waals surface area (Å²) in [7, 11) is 2.58. The van der Waals surface area contributed by atoms with Gasteiger partial charge in [0.15, 0.2) is 0 Å². The normalized spacial score (nSPS) is 12.4. The molecule has 0 aliphatic rings. The number of carbonyl (C=O) groups excluding carboxylic acids is 1. The van der Waals surface area contributed by atoms with E-state index in [1.807, 2.05) is 13.8 Å². The van der Waals surface area contributed by atoms with Crippen molar-refractivity contribution >= 4 is 28.0 Å². The Balaban J connectivity index is 2.34. The van der Waals surface area contributed by atoms with Gasteiger partial charge in [0.25, 0.3) is 0 Å². The molecule has 1 amide bonds. The Morgan fingerprint density at radius 1 is 1.39 bits per heavy atom. The van der Waals surface area contributed by atoms with Crippen LogP contribution >= 0.6 is 11.3 Å². The summed E-state index contributed by atoms with van der Waals surface area (Å²) in [5.74, 6) is 1.24. The van der Waals surface area contributed by atoms with Crippen LogP contribution in [0.4, 0.5) is 0 Å². The Bertz CT molecular complexity index is 441. The molecule has 0 spiro atoms. The standard InChI is InChI=1S/C12H20N2O2S2/c1-9-11(17-10(2)13-9)8-18(16)7-5-6-12(15)14(3)4/h5-8H2,1-4H3. The van der Waals surface area contributed by atoms with E-state index < -0.39 is 10.8 Å². The molecule has 1 aromatic rings. The monoisotopic (exact) mass is 288 g/mol. The van der Waals surface area contributed by atoms with Crippen molar-refractivity contribution in [1.29, 1.82) is 0 Å². The number of nitrogens with zero attached hydrogens (tertiary/aromatic N) is 2. The van der Waals surface area contributed by atoms with E-state index in [0.717, 1.165) is 15.6 Å². The molecule has 102 valence electrons. The molecule has 1 heterocycles. The molecule has 0 bridgehead atoms. The molecule has 1 aromatic heterocycles. The highest BCUT2D eigenvalue weighted by Gasteiger charge is 2.10.